The summed E-state index contributed by atoms with van der Waals surface area (Å²) < 4.78 is 6.53. The maximum Gasteiger partial charge on any atom is 0.262 e. The molecule has 4 heteroatoms. The third-order valence-corrected chi connectivity index (χ3v) is 5.04. The molecular formula is C23H22BrNO2. The lowest BCUT2D eigenvalue weighted by atomic mass is 9.78. The fourth-order valence-electron chi connectivity index (χ4n) is 2.90. The van der Waals surface area contributed by atoms with Crippen molar-refractivity contribution in [2.45, 2.75) is 19.3 Å². The molecule has 0 aliphatic heterocycles. The monoisotopic (exact) mass is 423 g/mol. The molecule has 1 N–H and O–H groups in total. The number of amides is 1. The van der Waals surface area contributed by atoms with E-state index >= 15 is 0 Å². The van der Waals surface area contributed by atoms with Crippen LogP contribution in [-0.2, 0) is 10.2 Å². The highest BCUT2D eigenvalue weighted by Crippen LogP contribution is 2.32. The van der Waals surface area contributed by atoms with Gasteiger partial charge in [0.1, 0.15) is 5.75 Å². The molecule has 3 aromatic carbocycles. The van der Waals surface area contributed by atoms with Gasteiger partial charge < -0.3 is 10.1 Å². The number of benzene rings is 3. The lowest BCUT2D eigenvalue weighted by molar-refractivity contribution is -0.118. The van der Waals surface area contributed by atoms with Crippen LogP contribution in [0.4, 0.5) is 5.69 Å². The maximum absolute atomic E-state index is 12.1. The van der Waals surface area contributed by atoms with Gasteiger partial charge in [0, 0.05) is 15.6 Å². The van der Waals surface area contributed by atoms with Crippen LogP contribution in [0.25, 0.3) is 0 Å². The average Bonchev–Trinajstić information content (AvgIpc) is 2.67. The van der Waals surface area contributed by atoms with E-state index < -0.39 is 0 Å². The molecule has 0 aromatic heterocycles. The Balaban J connectivity index is 1.60. The van der Waals surface area contributed by atoms with Crippen molar-refractivity contribution in [3.63, 3.8) is 0 Å². The molecule has 0 unspecified atom stereocenters. The minimum Gasteiger partial charge on any atom is -0.484 e. The Labute approximate surface area is 168 Å². The molecule has 0 bridgehead atoms. The van der Waals surface area contributed by atoms with Gasteiger partial charge in [-0.3, -0.25) is 4.79 Å². The molecule has 0 aliphatic rings. The van der Waals surface area contributed by atoms with Crippen LogP contribution in [0.3, 0.4) is 0 Å². The lowest BCUT2D eigenvalue weighted by Crippen LogP contribution is -2.20. The quantitative estimate of drug-likeness (QED) is 0.544. The number of carbonyl (C=O) groups excluding carboxylic acids is 1. The Morgan fingerprint density at radius 3 is 2.26 bits per heavy atom. The van der Waals surface area contributed by atoms with Crippen LogP contribution in [0.5, 0.6) is 5.75 Å². The van der Waals surface area contributed by atoms with Gasteiger partial charge in [0.2, 0.25) is 0 Å². The molecule has 138 valence electrons. The summed E-state index contributed by atoms with van der Waals surface area (Å²) in [5.41, 5.74) is 3.09. The van der Waals surface area contributed by atoms with Gasteiger partial charge in [-0.2, -0.15) is 0 Å². The minimum atomic E-state index is -0.193. The number of nitrogens with one attached hydrogen (secondary N) is 1. The molecule has 0 spiro atoms. The Bertz CT molecular complexity index is 905. The molecule has 0 saturated heterocycles. The second-order valence-electron chi connectivity index (χ2n) is 6.86. The van der Waals surface area contributed by atoms with Crippen LogP contribution >= 0.6 is 15.9 Å². The fraction of sp³-hybridized carbons (Fsp3) is 0.174. The lowest BCUT2D eigenvalue weighted by Gasteiger charge is -2.26. The molecule has 0 heterocycles. The highest BCUT2D eigenvalue weighted by Gasteiger charge is 2.22. The van der Waals surface area contributed by atoms with Crippen molar-refractivity contribution in [2.24, 2.45) is 0 Å². The van der Waals surface area contributed by atoms with E-state index in [0.29, 0.717) is 5.75 Å². The van der Waals surface area contributed by atoms with Crippen molar-refractivity contribution in [3.05, 3.63) is 94.5 Å². The first-order chi connectivity index (χ1) is 12.9. The highest BCUT2D eigenvalue weighted by atomic mass is 79.9. The van der Waals surface area contributed by atoms with Crippen LogP contribution in [0.15, 0.2) is 83.3 Å². The first-order valence-electron chi connectivity index (χ1n) is 8.79. The zero-order valence-corrected chi connectivity index (χ0v) is 17.0. The number of hydrogen-bond acceptors (Lipinski definition) is 2. The zero-order chi connectivity index (χ0) is 19.3. The summed E-state index contributed by atoms with van der Waals surface area (Å²) in [6.07, 6.45) is 0. The van der Waals surface area contributed by atoms with Gasteiger partial charge >= 0.3 is 0 Å². The largest absolute Gasteiger partial charge is 0.484 e. The molecule has 3 aromatic rings. The van der Waals surface area contributed by atoms with Crippen molar-refractivity contribution >= 4 is 27.5 Å². The number of anilines is 1. The van der Waals surface area contributed by atoms with Crippen molar-refractivity contribution in [1.82, 2.24) is 0 Å². The van der Waals surface area contributed by atoms with Crippen molar-refractivity contribution in [3.8, 4) is 5.75 Å². The summed E-state index contributed by atoms with van der Waals surface area (Å²) in [6, 6.07) is 25.8. The Hall–Kier alpha value is -2.59. The molecule has 0 fully saturated rings. The van der Waals surface area contributed by atoms with Gasteiger partial charge in [-0.15, -0.1) is 0 Å². The van der Waals surface area contributed by atoms with Gasteiger partial charge in [0.15, 0.2) is 6.61 Å². The molecular weight excluding hydrogens is 402 g/mol. The van der Waals surface area contributed by atoms with Crippen LogP contribution < -0.4 is 10.1 Å². The summed E-state index contributed by atoms with van der Waals surface area (Å²) in [6.45, 7) is 4.36. The molecule has 3 rings (SSSR count). The second-order valence-corrected chi connectivity index (χ2v) is 7.78. The summed E-state index contributed by atoms with van der Waals surface area (Å²) in [4.78, 5) is 12.1. The van der Waals surface area contributed by atoms with E-state index in [-0.39, 0.29) is 17.9 Å². The van der Waals surface area contributed by atoms with Crippen molar-refractivity contribution < 1.29 is 9.53 Å². The molecule has 0 aliphatic carbocycles. The third-order valence-electron chi connectivity index (χ3n) is 4.55. The van der Waals surface area contributed by atoms with E-state index in [2.05, 4.69) is 71.5 Å². The van der Waals surface area contributed by atoms with E-state index in [1.165, 1.54) is 11.1 Å². The van der Waals surface area contributed by atoms with E-state index in [9.17, 15) is 4.79 Å². The van der Waals surface area contributed by atoms with Gasteiger partial charge in [-0.25, -0.2) is 0 Å². The number of ether oxygens (including phenoxy) is 1. The molecule has 0 radical (unpaired) electrons. The number of hydrogen-bond donors (Lipinski definition) is 1. The van der Waals surface area contributed by atoms with Gasteiger partial charge in [0.25, 0.3) is 5.91 Å². The highest BCUT2D eigenvalue weighted by molar-refractivity contribution is 9.10. The number of halogens is 1. The van der Waals surface area contributed by atoms with Crippen LogP contribution in [-0.4, -0.2) is 12.5 Å². The molecule has 27 heavy (non-hydrogen) atoms. The smallest absolute Gasteiger partial charge is 0.262 e. The van der Waals surface area contributed by atoms with E-state index in [0.717, 1.165) is 10.2 Å². The fourth-order valence-corrected chi connectivity index (χ4v) is 3.30. The van der Waals surface area contributed by atoms with E-state index in [4.69, 9.17) is 4.74 Å². The van der Waals surface area contributed by atoms with Gasteiger partial charge in [-0.1, -0.05) is 78.3 Å². The summed E-state index contributed by atoms with van der Waals surface area (Å²) >= 11 is 3.38. The minimum absolute atomic E-state index is 0.0338. The zero-order valence-electron chi connectivity index (χ0n) is 15.4. The molecule has 0 atom stereocenters. The first kappa shape index (κ1) is 19.2. The Kier molecular flexibility index (Phi) is 5.97. The predicted molar refractivity (Wildman–Crippen MR) is 113 cm³/mol. The Morgan fingerprint density at radius 2 is 1.59 bits per heavy atom. The van der Waals surface area contributed by atoms with Crippen molar-refractivity contribution in [1.29, 1.82) is 0 Å². The summed E-state index contributed by atoms with van der Waals surface area (Å²) in [5, 5.41) is 2.82. The topological polar surface area (TPSA) is 38.3 Å². The molecule has 3 nitrogen and oxygen atoms in total. The van der Waals surface area contributed by atoms with Crippen LogP contribution in [0, 0.1) is 0 Å². The van der Waals surface area contributed by atoms with Gasteiger partial charge in [0.05, 0.1) is 0 Å². The standard InChI is InChI=1S/C23H22BrNO2/c1-23(2,17-7-4-3-5-8-17)18-11-13-21(14-12-18)27-16-22(26)25-20-10-6-9-19(24)15-20/h3-15H,16H2,1-2H3,(H,25,26). The van der Waals surface area contributed by atoms with Crippen LogP contribution in [0.2, 0.25) is 0 Å². The number of carbonyl (C=O) groups is 1. The van der Waals surface area contributed by atoms with Crippen molar-refractivity contribution in [2.75, 3.05) is 11.9 Å². The molecule has 1 amide bonds. The average molecular weight is 424 g/mol. The second kappa shape index (κ2) is 8.40. The van der Waals surface area contributed by atoms with E-state index in [1.807, 2.05) is 42.5 Å². The maximum atomic E-state index is 12.1. The Morgan fingerprint density at radius 1 is 0.926 bits per heavy atom. The third kappa shape index (κ3) is 4.98. The summed E-state index contributed by atoms with van der Waals surface area (Å²) in [7, 11) is 0. The SMILES string of the molecule is CC(C)(c1ccccc1)c1ccc(OCC(=O)Nc2cccc(Br)c2)cc1. The normalized spacial score (nSPS) is 11.1. The first-order valence-corrected chi connectivity index (χ1v) is 9.59. The van der Waals surface area contributed by atoms with E-state index in [1.54, 1.807) is 0 Å². The molecule has 0 saturated carbocycles. The van der Waals surface area contributed by atoms with Crippen LogP contribution in [0.1, 0.15) is 25.0 Å². The summed E-state index contributed by atoms with van der Waals surface area (Å²) in [5.74, 6) is 0.480. The van der Waals surface area contributed by atoms with Gasteiger partial charge in [-0.05, 0) is 41.5 Å². The number of rotatable bonds is 6. The predicted octanol–water partition coefficient (Wildman–Crippen LogP) is 5.79.